The third-order valence-corrected chi connectivity index (χ3v) is 4.25. The van der Waals surface area contributed by atoms with Crippen molar-refractivity contribution >= 4 is 0 Å². The number of likely N-dealkylation sites (N-methyl/N-ethyl adjacent to an activating group) is 1. The number of morpholine rings is 1. The second-order valence-corrected chi connectivity index (χ2v) is 6.41. The molecule has 25 heavy (non-hydrogen) atoms. The van der Waals surface area contributed by atoms with E-state index in [-0.39, 0.29) is 12.2 Å². The summed E-state index contributed by atoms with van der Waals surface area (Å²) in [6.07, 6.45) is 1.56. The average Bonchev–Trinajstić information content (AvgIpc) is 3.26. The van der Waals surface area contributed by atoms with Gasteiger partial charge in [0.05, 0.1) is 23.6 Å². The molecule has 3 aromatic rings. The van der Waals surface area contributed by atoms with Gasteiger partial charge in [0.15, 0.2) is 5.76 Å². The Hall–Kier alpha value is -2.51. The Morgan fingerprint density at radius 3 is 2.76 bits per heavy atom. The second-order valence-electron chi connectivity index (χ2n) is 6.41. The fraction of sp³-hybridized carbons (Fsp3) is 0.389. The van der Waals surface area contributed by atoms with Crippen LogP contribution in [0.5, 0.6) is 0 Å². The molecule has 1 aliphatic rings. The summed E-state index contributed by atoms with van der Waals surface area (Å²) in [4.78, 5) is 6.78. The maximum atomic E-state index is 5.92. The molecule has 3 aromatic heterocycles. The summed E-state index contributed by atoms with van der Waals surface area (Å²) in [5, 5.41) is 8.37. The lowest BCUT2D eigenvalue weighted by molar-refractivity contribution is -0.0821. The molecule has 130 valence electrons. The van der Waals surface area contributed by atoms with Crippen LogP contribution in [0.3, 0.4) is 0 Å². The van der Waals surface area contributed by atoms with E-state index in [1.807, 2.05) is 38.1 Å². The quantitative estimate of drug-likeness (QED) is 0.725. The van der Waals surface area contributed by atoms with E-state index in [9.17, 15) is 0 Å². The van der Waals surface area contributed by atoms with Gasteiger partial charge in [-0.15, -0.1) is 10.2 Å². The van der Waals surface area contributed by atoms with Gasteiger partial charge >= 0.3 is 0 Å². The molecule has 7 heteroatoms. The highest BCUT2D eigenvalue weighted by Crippen LogP contribution is 2.29. The summed E-state index contributed by atoms with van der Waals surface area (Å²) < 4.78 is 17.2. The lowest BCUT2D eigenvalue weighted by atomic mass is 10.1. The van der Waals surface area contributed by atoms with Crippen molar-refractivity contribution in [2.75, 3.05) is 20.1 Å². The van der Waals surface area contributed by atoms with E-state index in [0.29, 0.717) is 11.8 Å². The number of aryl methyl sites for hydroxylation is 1. The van der Waals surface area contributed by atoms with Gasteiger partial charge in [-0.25, -0.2) is 4.98 Å². The van der Waals surface area contributed by atoms with E-state index in [1.54, 1.807) is 6.26 Å². The van der Waals surface area contributed by atoms with Crippen molar-refractivity contribution in [1.82, 2.24) is 20.1 Å². The van der Waals surface area contributed by atoms with E-state index < -0.39 is 0 Å². The Labute approximate surface area is 145 Å². The summed E-state index contributed by atoms with van der Waals surface area (Å²) >= 11 is 0. The molecule has 0 aliphatic carbocycles. The molecule has 0 amide bonds. The summed E-state index contributed by atoms with van der Waals surface area (Å²) in [5.41, 5.74) is 2.39. The molecule has 1 fully saturated rings. The van der Waals surface area contributed by atoms with Crippen molar-refractivity contribution < 1.29 is 13.6 Å². The van der Waals surface area contributed by atoms with Crippen LogP contribution >= 0.6 is 0 Å². The van der Waals surface area contributed by atoms with Crippen molar-refractivity contribution in [2.24, 2.45) is 0 Å². The summed E-state index contributed by atoms with van der Waals surface area (Å²) in [6.45, 7) is 5.59. The number of rotatable bonds is 3. The molecule has 2 atom stereocenters. The predicted molar refractivity (Wildman–Crippen MR) is 90.8 cm³/mol. The summed E-state index contributed by atoms with van der Waals surface area (Å²) in [6, 6.07) is 7.53. The van der Waals surface area contributed by atoms with E-state index in [4.69, 9.17) is 13.6 Å². The first kappa shape index (κ1) is 16.0. The maximum absolute atomic E-state index is 5.92. The highest BCUT2D eigenvalue weighted by atomic mass is 16.5. The van der Waals surface area contributed by atoms with Gasteiger partial charge in [0.25, 0.3) is 0 Å². The Bertz CT molecular complexity index is 849. The lowest BCUT2D eigenvalue weighted by Crippen LogP contribution is -2.40. The molecule has 0 spiro atoms. The normalized spacial score (nSPS) is 21.6. The highest BCUT2D eigenvalue weighted by Gasteiger charge is 2.29. The Morgan fingerprint density at radius 2 is 2.04 bits per heavy atom. The van der Waals surface area contributed by atoms with Crippen molar-refractivity contribution in [3.8, 4) is 22.9 Å². The molecule has 4 heterocycles. The molecule has 0 aromatic carbocycles. The Morgan fingerprint density at radius 1 is 1.16 bits per heavy atom. The number of nitrogens with zero attached hydrogens (tertiary/aromatic N) is 4. The number of hydrogen-bond acceptors (Lipinski definition) is 7. The number of pyridine rings is 1. The SMILES string of the molecule is Cc1nc(-c2ccco2)ccc1-c1nnc([C@H]2CN(C)C[C@@H](C)O2)o1. The Balaban J connectivity index is 1.60. The van der Waals surface area contributed by atoms with Crippen molar-refractivity contribution in [3.63, 3.8) is 0 Å². The minimum absolute atomic E-state index is 0.134. The largest absolute Gasteiger partial charge is 0.463 e. The molecule has 0 radical (unpaired) electrons. The summed E-state index contributed by atoms with van der Waals surface area (Å²) in [5.74, 6) is 1.69. The van der Waals surface area contributed by atoms with E-state index >= 15 is 0 Å². The van der Waals surface area contributed by atoms with Crippen LogP contribution in [-0.2, 0) is 4.74 Å². The van der Waals surface area contributed by atoms with E-state index in [0.717, 1.165) is 35.8 Å². The number of aromatic nitrogens is 3. The van der Waals surface area contributed by atoms with Crippen LogP contribution in [0.1, 0.15) is 24.6 Å². The maximum Gasteiger partial charge on any atom is 0.249 e. The molecule has 1 saturated heterocycles. The molecule has 0 N–H and O–H groups in total. The average molecular weight is 340 g/mol. The lowest BCUT2D eigenvalue weighted by Gasteiger charge is -2.32. The van der Waals surface area contributed by atoms with Crippen LogP contribution in [0.4, 0.5) is 0 Å². The molecule has 1 aliphatic heterocycles. The first-order chi connectivity index (χ1) is 12.1. The first-order valence-corrected chi connectivity index (χ1v) is 8.29. The zero-order valence-electron chi connectivity index (χ0n) is 14.5. The first-order valence-electron chi connectivity index (χ1n) is 8.29. The van der Waals surface area contributed by atoms with Gasteiger partial charge in [0.1, 0.15) is 11.8 Å². The van der Waals surface area contributed by atoms with Gasteiger partial charge < -0.3 is 18.5 Å². The van der Waals surface area contributed by atoms with Gasteiger partial charge in [-0.1, -0.05) is 0 Å². The third-order valence-electron chi connectivity index (χ3n) is 4.25. The molecule has 4 rings (SSSR count). The number of furan rings is 1. The molecule has 0 bridgehead atoms. The van der Waals surface area contributed by atoms with E-state index in [1.165, 1.54) is 0 Å². The fourth-order valence-corrected chi connectivity index (χ4v) is 3.12. The van der Waals surface area contributed by atoms with Gasteiger partial charge in [-0.05, 0) is 45.2 Å². The molecule has 0 unspecified atom stereocenters. The standard InChI is InChI=1S/C18H20N4O3/c1-11-9-22(3)10-16(24-11)18-21-20-17(25-18)13-6-7-14(19-12(13)2)15-5-4-8-23-15/h4-8,11,16H,9-10H2,1-3H3/t11-,16-/m1/s1. The minimum Gasteiger partial charge on any atom is -0.463 e. The number of hydrogen-bond donors (Lipinski definition) is 0. The van der Waals surface area contributed by atoms with Crippen LogP contribution in [0.15, 0.2) is 39.4 Å². The van der Waals surface area contributed by atoms with Crippen LogP contribution < -0.4 is 0 Å². The minimum atomic E-state index is -0.203. The fourth-order valence-electron chi connectivity index (χ4n) is 3.12. The van der Waals surface area contributed by atoms with Crippen LogP contribution in [0.25, 0.3) is 22.9 Å². The monoisotopic (exact) mass is 340 g/mol. The Kier molecular flexibility index (Phi) is 4.10. The number of ether oxygens (including phenoxy) is 1. The van der Waals surface area contributed by atoms with Crippen LogP contribution in [0, 0.1) is 6.92 Å². The predicted octanol–water partition coefficient (Wildman–Crippen LogP) is 3.09. The van der Waals surface area contributed by atoms with Crippen molar-refractivity contribution in [3.05, 3.63) is 42.1 Å². The summed E-state index contributed by atoms with van der Waals surface area (Å²) in [7, 11) is 2.06. The third kappa shape index (κ3) is 3.20. The topological polar surface area (TPSA) is 77.4 Å². The van der Waals surface area contributed by atoms with Crippen molar-refractivity contribution in [1.29, 1.82) is 0 Å². The molecule has 0 saturated carbocycles. The van der Waals surface area contributed by atoms with E-state index in [2.05, 4.69) is 27.1 Å². The van der Waals surface area contributed by atoms with Crippen LogP contribution in [0.2, 0.25) is 0 Å². The zero-order valence-corrected chi connectivity index (χ0v) is 14.5. The van der Waals surface area contributed by atoms with Gasteiger partial charge in [0.2, 0.25) is 11.8 Å². The smallest absolute Gasteiger partial charge is 0.249 e. The van der Waals surface area contributed by atoms with Crippen LogP contribution in [-0.4, -0.2) is 46.3 Å². The molecular weight excluding hydrogens is 320 g/mol. The van der Waals surface area contributed by atoms with Gasteiger partial charge in [-0.3, -0.25) is 0 Å². The molecule has 7 nitrogen and oxygen atoms in total. The molecular formula is C18H20N4O3. The highest BCUT2D eigenvalue weighted by molar-refractivity contribution is 5.61. The van der Waals surface area contributed by atoms with Crippen molar-refractivity contribution in [2.45, 2.75) is 26.1 Å². The van der Waals surface area contributed by atoms with Gasteiger partial charge in [0, 0.05) is 13.1 Å². The van der Waals surface area contributed by atoms with Gasteiger partial charge in [-0.2, -0.15) is 0 Å². The second kappa shape index (κ2) is 6.42. The zero-order chi connectivity index (χ0) is 17.4.